The summed E-state index contributed by atoms with van der Waals surface area (Å²) in [5.41, 5.74) is 6.22. The van der Waals surface area contributed by atoms with E-state index in [0.717, 1.165) is 19.1 Å². The van der Waals surface area contributed by atoms with Gasteiger partial charge in [-0.25, -0.2) is 0 Å². The van der Waals surface area contributed by atoms with Crippen LogP contribution in [0.2, 0.25) is 0 Å². The predicted octanol–water partition coefficient (Wildman–Crippen LogP) is 2.57. The summed E-state index contributed by atoms with van der Waals surface area (Å²) in [6, 6.07) is 0.403. The lowest BCUT2D eigenvalue weighted by atomic mass is 9.85. The molecule has 1 saturated heterocycles. The Bertz CT molecular complexity index is 143. The highest BCUT2D eigenvalue weighted by Crippen LogP contribution is 2.23. The van der Waals surface area contributed by atoms with Gasteiger partial charge in [-0.1, -0.05) is 26.7 Å². The molecule has 14 heavy (non-hydrogen) atoms. The first-order chi connectivity index (χ1) is 6.74. The van der Waals surface area contributed by atoms with Crippen molar-refractivity contribution in [2.45, 2.75) is 52.0 Å². The zero-order valence-corrected chi connectivity index (χ0v) is 9.67. The van der Waals surface area contributed by atoms with Crippen LogP contribution in [0.15, 0.2) is 0 Å². The Morgan fingerprint density at radius 3 is 2.57 bits per heavy atom. The van der Waals surface area contributed by atoms with Crippen LogP contribution >= 0.6 is 0 Å². The second-order valence-electron chi connectivity index (χ2n) is 4.74. The van der Waals surface area contributed by atoms with Crippen molar-refractivity contribution in [1.29, 1.82) is 0 Å². The summed E-state index contributed by atoms with van der Waals surface area (Å²) < 4.78 is 5.35. The molecule has 0 aromatic carbocycles. The first kappa shape index (κ1) is 12.0. The highest BCUT2D eigenvalue weighted by Gasteiger charge is 2.21. The van der Waals surface area contributed by atoms with Crippen molar-refractivity contribution >= 4 is 0 Å². The lowest BCUT2D eigenvalue weighted by molar-refractivity contribution is 0.0557. The van der Waals surface area contributed by atoms with E-state index in [1.807, 2.05) is 0 Å². The first-order valence-corrected chi connectivity index (χ1v) is 6.07. The average Bonchev–Trinajstić information content (AvgIpc) is 2.19. The van der Waals surface area contributed by atoms with E-state index in [4.69, 9.17) is 10.5 Å². The highest BCUT2D eigenvalue weighted by molar-refractivity contribution is 4.77. The molecule has 1 fully saturated rings. The average molecular weight is 199 g/mol. The van der Waals surface area contributed by atoms with E-state index in [2.05, 4.69) is 13.8 Å². The quantitative estimate of drug-likeness (QED) is 0.738. The summed E-state index contributed by atoms with van der Waals surface area (Å²) in [6.07, 6.45) is 6.12. The molecule has 2 nitrogen and oxygen atoms in total. The van der Waals surface area contributed by atoms with Gasteiger partial charge in [-0.3, -0.25) is 0 Å². The lowest BCUT2D eigenvalue weighted by Gasteiger charge is -2.29. The van der Waals surface area contributed by atoms with Crippen molar-refractivity contribution in [2.24, 2.45) is 17.6 Å². The molecule has 1 rings (SSSR count). The van der Waals surface area contributed by atoms with E-state index in [-0.39, 0.29) is 0 Å². The maximum absolute atomic E-state index is 6.22. The molecule has 2 N–H and O–H groups in total. The van der Waals surface area contributed by atoms with Crippen molar-refractivity contribution in [1.82, 2.24) is 0 Å². The molecule has 2 heteroatoms. The fraction of sp³-hybridized carbons (Fsp3) is 1.00. The molecule has 0 spiro atoms. The molecule has 1 aliphatic rings. The summed E-state index contributed by atoms with van der Waals surface area (Å²) in [7, 11) is 0. The standard InChI is InChI=1S/C12H25NO/c1-3-4-10(2)9-12(13)11-5-7-14-8-6-11/h10-12H,3-9,13H2,1-2H3. The van der Waals surface area contributed by atoms with Crippen LogP contribution in [0.5, 0.6) is 0 Å². The molecule has 84 valence electrons. The van der Waals surface area contributed by atoms with Gasteiger partial charge in [0.2, 0.25) is 0 Å². The Hall–Kier alpha value is -0.0800. The van der Waals surface area contributed by atoms with Crippen LogP contribution < -0.4 is 5.73 Å². The topological polar surface area (TPSA) is 35.2 Å². The maximum Gasteiger partial charge on any atom is 0.0469 e. The van der Waals surface area contributed by atoms with Crippen LogP contribution in [0.25, 0.3) is 0 Å². The van der Waals surface area contributed by atoms with E-state index < -0.39 is 0 Å². The third kappa shape index (κ3) is 3.97. The minimum Gasteiger partial charge on any atom is -0.381 e. The third-order valence-electron chi connectivity index (χ3n) is 3.33. The monoisotopic (exact) mass is 199 g/mol. The Kier molecular flexibility index (Phi) is 5.49. The van der Waals surface area contributed by atoms with Gasteiger partial charge in [-0.05, 0) is 31.1 Å². The van der Waals surface area contributed by atoms with Gasteiger partial charge < -0.3 is 10.5 Å². The van der Waals surface area contributed by atoms with Gasteiger partial charge >= 0.3 is 0 Å². The zero-order chi connectivity index (χ0) is 10.4. The van der Waals surface area contributed by atoms with Crippen LogP contribution in [0.4, 0.5) is 0 Å². The molecule has 1 aliphatic heterocycles. The fourth-order valence-electron chi connectivity index (χ4n) is 2.41. The molecule has 0 saturated carbocycles. The van der Waals surface area contributed by atoms with Gasteiger partial charge in [0, 0.05) is 19.3 Å². The molecular weight excluding hydrogens is 174 g/mol. The molecule has 0 aromatic rings. The van der Waals surface area contributed by atoms with E-state index in [1.54, 1.807) is 0 Å². The Labute approximate surface area is 88.2 Å². The molecule has 2 unspecified atom stereocenters. The SMILES string of the molecule is CCCC(C)CC(N)C1CCOCC1. The summed E-state index contributed by atoms with van der Waals surface area (Å²) in [5, 5.41) is 0. The number of hydrogen-bond acceptors (Lipinski definition) is 2. The van der Waals surface area contributed by atoms with Crippen LogP contribution in [0.3, 0.4) is 0 Å². The first-order valence-electron chi connectivity index (χ1n) is 6.07. The molecule has 0 radical (unpaired) electrons. The van der Waals surface area contributed by atoms with Gasteiger partial charge in [0.05, 0.1) is 0 Å². The molecule has 0 aliphatic carbocycles. The Morgan fingerprint density at radius 2 is 2.00 bits per heavy atom. The third-order valence-corrected chi connectivity index (χ3v) is 3.33. The smallest absolute Gasteiger partial charge is 0.0469 e. The largest absolute Gasteiger partial charge is 0.381 e. The van der Waals surface area contributed by atoms with Gasteiger partial charge in [-0.2, -0.15) is 0 Å². The minimum atomic E-state index is 0.403. The van der Waals surface area contributed by atoms with E-state index in [0.29, 0.717) is 12.0 Å². The molecule has 1 heterocycles. The lowest BCUT2D eigenvalue weighted by Crippen LogP contribution is -2.35. The van der Waals surface area contributed by atoms with Crippen LogP contribution in [0, 0.1) is 11.8 Å². The van der Waals surface area contributed by atoms with Crippen LogP contribution in [-0.4, -0.2) is 19.3 Å². The van der Waals surface area contributed by atoms with Crippen LogP contribution in [0.1, 0.15) is 46.0 Å². The normalized spacial score (nSPS) is 23.4. The van der Waals surface area contributed by atoms with Crippen molar-refractivity contribution in [3.63, 3.8) is 0 Å². The Balaban J connectivity index is 2.21. The van der Waals surface area contributed by atoms with E-state index >= 15 is 0 Å². The van der Waals surface area contributed by atoms with Crippen molar-refractivity contribution in [3.05, 3.63) is 0 Å². The van der Waals surface area contributed by atoms with Crippen molar-refractivity contribution in [2.75, 3.05) is 13.2 Å². The molecular formula is C12H25NO. The molecule has 2 atom stereocenters. The van der Waals surface area contributed by atoms with E-state index in [1.165, 1.54) is 32.1 Å². The minimum absolute atomic E-state index is 0.403. The Morgan fingerprint density at radius 1 is 1.36 bits per heavy atom. The maximum atomic E-state index is 6.22. The number of ether oxygens (including phenoxy) is 1. The van der Waals surface area contributed by atoms with Crippen molar-refractivity contribution in [3.8, 4) is 0 Å². The molecule has 0 aromatic heterocycles. The molecule has 0 amide bonds. The molecule has 0 bridgehead atoms. The van der Waals surface area contributed by atoms with Gasteiger partial charge in [0.25, 0.3) is 0 Å². The van der Waals surface area contributed by atoms with Gasteiger partial charge in [0.15, 0.2) is 0 Å². The summed E-state index contributed by atoms with van der Waals surface area (Å²) in [6.45, 7) is 6.40. The predicted molar refractivity (Wildman–Crippen MR) is 60.2 cm³/mol. The van der Waals surface area contributed by atoms with E-state index in [9.17, 15) is 0 Å². The number of hydrogen-bond donors (Lipinski definition) is 1. The second-order valence-corrected chi connectivity index (χ2v) is 4.74. The van der Waals surface area contributed by atoms with Crippen LogP contribution in [-0.2, 0) is 4.74 Å². The summed E-state index contributed by atoms with van der Waals surface area (Å²) in [4.78, 5) is 0. The second kappa shape index (κ2) is 6.41. The number of rotatable bonds is 5. The van der Waals surface area contributed by atoms with Gasteiger partial charge in [-0.15, -0.1) is 0 Å². The summed E-state index contributed by atoms with van der Waals surface area (Å²) in [5.74, 6) is 1.50. The van der Waals surface area contributed by atoms with Gasteiger partial charge in [0.1, 0.15) is 0 Å². The number of nitrogens with two attached hydrogens (primary N) is 1. The zero-order valence-electron chi connectivity index (χ0n) is 9.67. The fourth-order valence-corrected chi connectivity index (χ4v) is 2.41. The highest BCUT2D eigenvalue weighted by atomic mass is 16.5. The summed E-state index contributed by atoms with van der Waals surface area (Å²) >= 11 is 0. The van der Waals surface area contributed by atoms with Crippen molar-refractivity contribution < 1.29 is 4.74 Å².